The zero-order valence-corrected chi connectivity index (χ0v) is 18.2. The highest BCUT2D eigenvalue weighted by Gasteiger charge is 2.24. The average molecular weight is 454 g/mol. The number of nitro groups is 1. The van der Waals surface area contributed by atoms with Gasteiger partial charge in [0.15, 0.2) is 11.8 Å². The number of fused-ring (bicyclic) bond motifs is 1. The van der Waals surface area contributed by atoms with E-state index in [0.717, 1.165) is 6.07 Å². The highest BCUT2D eigenvalue weighted by Crippen LogP contribution is 2.29. The first-order valence-corrected chi connectivity index (χ1v) is 10.1. The number of hydrogen-bond donors (Lipinski definition) is 1. The summed E-state index contributed by atoms with van der Waals surface area (Å²) in [5.41, 5.74) is -0.608. The number of non-ortho nitro benzene ring substituents is 1. The lowest BCUT2D eigenvalue weighted by molar-refractivity contribution is -0.384. The van der Waals surface area contributed by atoms with Crippen LogP contribution >= 0.6 is 0 Å². The van der Waals surface area contributed by atoms with Gasteiger partial charge in [0.25, 0.3) is 17.2 Å². The molecular formula is C22H22N4O7. The fraction of sp³-hybridized carbons (Fsp3) is 0.273. The number of aromatic nitrogens is 2. The molecule has 0 saturated heterocycles. The van der Waals surface area contributed by atoms with E-state index in [1.807, 2.05) is 6.92 Å². The topological polar surface area (TPSA) is 143 Å². The van der Waals surface area contributed by atoms with Crippen LogP contribution < -0.4 is 15.6 Å². The Hall–Kier alpha value is -4.28. The Morgan fingerprint density at radius 2 is 1.91 bits per heavy atom. The van der Waals surface area contributed by atoms with E-state index >= 15 is 0 Å². The maximum Gasteiger partial charge on any atom is 0.360 e. The summed E-state index contributed by atoms with van der Waals surface area (Å²) in [5, 5.41) is 18.3. The fourth-order valence-corrected chi connectivity index (χ4v) is 3.16. The van der Waals surface area contributed by atoms with Crippen LogP contribution in [0.3, 0.4) is 0 Å². The summed E-state index contributed by atoms with van der Waals surface area (Å²) < 4.78 is 11.6. The minimum Gasteiger partial charge on any atom is -0.495 e. The predicted molar refractivity (Wildman–Crippen MR) is 119 cm³/mol. The molecule has 0 aliphatic heterocycles. The second-order valence-electron chi connectivity index (χ2n) is 7.10. The number of benzene rings is 2. The van der Waals surface area contributed by atoms with Crippen molar-refractivity contribution in [3.8, 4) is 5.75 Å². The number of methoxy groups -OCH3 is 1. The summed E-state index contributed by atoms with van der Waals surface area (Å²) in [4.78, 5) is 48.5. The number of nitro benzene ring substituents is 1. The van der Waals surface area contributed by atoms with Crippen LogP contribution in [-0.2, 0) is 16.1 Å². The fourth-order valence-electron chi connectivity index (χ4n) is 3.16. The molecule has 2 aromatic carbocycles. The largest absolute Gasteiger partial charge is 0.495 e. The summed E-state index contributed by atoms with van der Waals surface area (Å²) in [5.74, 6) is -1.41. The van der Waals surface area contributed by atoms with Crippen molar-refractivity contribution in [2.24, 2.45) is 0 Å². The molecule has 1 N–H and O–H groups in total. The van der Waals surface area contributed by atoms with Crippen molar-refractivity contribution in [3.63, 3.8) is 0 Å². The summed E-state index contributed by atoms with van der Waals surface area (Å²) in [6.45, 7) is 3.53. The van der Waals surface area contributed by atoms with Crippen molar-refractivity contribution in [1.82, 2.24) is 9.78 Å². The second kappa shape index (κ2) is 9.90. The Bertz CT molecular complexity index is 1290. The molecule has 0 aliphatic carbocycles. The lowest BCUT2D eigenvalue weighted by Gasteiger charge is -2.16. The molecule has 11 nitrogen and oxygen atoms in total. The van der Waals surface area contributed by atoms with Crippen molar-refractivity contribution in [2.75, 3.05) is 12.4 Å². The third-order valence-electron chi connectivity index (χ3n) is 4.80. The molecule has 33 heavy (non-hydrogen) atoms. The van der Waals surface area contributed by atoms with Gasteiger partial charge in [-0.15, -0.1) is 0 Å². The normalized spacial score (nSPS) is 11.6. The average Bonchev–Trinajstić information content (AvgIpc) is 2.80. The van der Waals surface area contributed by atoms with E-state index in [-0.39, 0.29) is 28.4 Å². The van der Waals surface area contributed by atoms with Crippen molar-refractivity contribution in [2.45, 2.75) is 32.9 Å². The van der Waals surface area contributed by atoms with Crippen LogP contribution in [0.5, 0.6) is 5.75 Å². The number of hydrogen-bond acceptors (Lipinski definition) is 8. The number of ether oxygens (including phenoxy) is 2. The van der Waals surface area contributed by atoms with Gasteiger partial charge in [-0.1, -0.05) is 25.1 Å². The molecule has 0 saturated carbocycles. The summed E-state index contributed by atoms with van der Waals surface area (Å²) in [6, 6.07) is 10.2. The van der Waals surface area contributed by atoms with Gasteiger partial charge in [0.05, 0.1) is 23.1 Å². The first-order valence-electron chi connectivity index (χ1n) is 10.1. The molecule has 0 radical (unpaired) electrons. The van der Waals surface area contributed by atoms with Crippen LogP contribution in [0.1, 0.15) is 30.8 Å². The highest BCUT2D eigenvalue weighted by atomic mass is 16.6. The number of carbonyl (C=O) groups is 2. The van der Waals surface area contributed by atoms with Gasteiger partial charge < -0.3 is 14.8 Å². The lowest BCUT2D eigenvalue weighted by Crippen LogP contribution is -2.32. The van der Waals surface area contributed by atoms with Crippen molar-refractivity contribution in [1.29, 1.82) is 0 Å². The number of rotatable bonds is 8. The Morgan fingerprint density at radius 3 is 2.55 bits per heavy atom. The summed E-state index contributed by atoms with van der Waals surface area (Å²) >= 11 is 0. The smallest absolute Gasteiger partial charge is 0.360 e. The van der Waals surface area contributed by atoms with E-state index in [1.165, 1.54) is 30.8 Å². The summed E-state index contributed by atoms with van der Waals surface area (Å²) in [6.07, 6.45) is -0.641. The SMILES string of the molecule is CCCn1nc(C(=O)OC(C)C(=O)Nc2cc([N+](=O)[O-])ccc2OC)c2ccccc2c1=O. The predicted octanol–water partition coefficient (Wildman–Crippen LogP) is 2.91. The molecule has 1 heterocycles. The number of nitrogens with one attached hydrogen (secondary N) is 1. The van der Waals surface area contributed by atoms with Crippen molar-refractivity contribution < 1.29 is 24.0 Å². The van der Waals surface area contributed by atoms with Crippen LogP contribution in [0, 0.1) is 10.1 Å². The number of amides is 1. The molecular weight excluding hydrogens is 432 g/mol. The van der Waals surface area contributed by atoms with Gasteiger partial charge in [-0.25, -0.2) is 9.48 Å². The van der Waals surface area contributed by atoms with Crippen LogP contribution in [0.4, 0.5) is 11.4 Å². The van der Waals surface area contributed by atoms with Crippen LogP contribution in [0.25, 0.3) is 10.8 Å². The maximum absolute atomic E-state index is 12.9. The zero-order chi connectivity index (χ0) is 24.1. The molecule has 1 amide bonds. The Labute approximate surface area is 188 Å². The van der Waals surface area contributed by atoms with E-state index < -0.39 is 22.9 Å². The molecule has 1 aromatic heterocycles. The first kappa shape index (κ1) is 23.4. The third-order valence-corrected chi connectivity index (χ3v) is 4.80. The Morgan fingerprint density at radius 1 is 1.21 bits per heavy atom. The van der Waals surface area contributed by atoms with Gasteiger partial charge >= 0.3 is 5.97 Å². The minimum absolute atomic E-state index is 0.0552. The third kappa shape index (κ3) is 4.97. The van der Waals surface area contributed by atoms with Crippen molar-refractivity contribution in [3.05, 3.63) is 68.6 Å². The van der Waals surface area contributed by atoms with Gasteiger partial charge in [-0.05, 0) is 25.5 Å². The van der Waals surface area contributed by atoms with Gasteiger partial charge in [0.2, 0.25) is 0 Å². The molecule has 0 aliphatic rings. The van der Waals surface area contributed by atoms with Crippen LogP contribution in [-0.4, -0.2) is 39.8 Å². The van der Waals surface area contributed by atoms with Gasteiger partial charge in [-0.3, -0.25) is 19.7 Å². The Kier molecular flexibility index (Phi) is 7.01. The zero-order valence-electron chi connectivity index (χ0n) is 18.2. The molecule has 11 heteroatoms. The van der Waals surface area contributed by atoms with Gasteiger partial charge in [-0.2, -0.15) is 5.10 Å². The van der Waals surface area contributed by atoms with Crippen LogP contribution in [0.2, 0.25) is 0 Å². The van der Waals surface area contributed by atoms with E-state index in [0.29, 0.717) is 23.7 Å². The molecule has 3 aromatic rings. The molecule has 0 bridgehead atoms. The van der Waals surface area contributed by atoms with E-state index in [9.17, 15) is 24.5 Å². The molecule has 1 unspecified atom stereocenters. The van der Waals surface area contributed by atoms with E-state index in [1.54, 1.807) is 24.3 Å². The standard InChI is InChI=1S/C22H22N4O7/c1-4-11-25-21(28)16-8-6-5-7-15(16)19(24-25)22(29)33-13(2)20(27)23-17-12-14(26(30)31)9-10-18(17)32-3/h5-10,12-13H,4,11H2,1-3H3,(H,23,27). The number of esters is 1. The highest BCUT2D eigenvalue weighted by molar-refractivity contribution is 6.04. The maximum atomic E-state index is 12.9. The van der Waals surface area contributed by atoms with Gasteiger partial charge in [0, 0.05) is 24.1 Å². The molecule has 3 rings (SSSR count). The number of nitrogens with zero attached hydrogens (tertiary/aromatic N) is 3. The van der Waals surface area contributed by atoms with Crippen LogP contribution in [0.15, 0.2) is 47.3 Å². The molecule has 172 valence electrons. The number of anilines is 1. The molecule has 0 spiro atoms. The van der Waals surface area contributed by atoms with Gasteiger partial charge in [0.1, 0.15) is 5.75 Å². The number of aryl methyl sites for hydroxylation is 1. The first-order chi connectivity index (χ1) is 15.8. The second-order valence-corrected chi connectivity index (χ2v) is 7.10. The van der Waals surface area contributed by atoms with E-state index in [2.05, 4.69) is 10.4 Å². The quantitative estimate of drug-likeness (QED) is 0.311. The number of carbonyl (C=O) groups excluding carboxylic acids is 2. The monoisotopic (exact) mass is 454 g/mol. The lowest BCUT2D eigenvalue weighted by atomic mass is 10.1. The van der Waals surface area contributed by atoms with Crippen molar-refractivity contribution >= 4 is 34.0 Å². The molecule has 1 atom stereocenters. The minimum atomic E-state index is -1.27. The van der Waals surface area contributed by atoms with E-state index in [4.69, 9.17) is 9.47 Å². The summed E-state index contributed by atoms with van der Waals surface area (Å²) in [7, 11) is 1.35. The molecule has 0 fully saturated rings. The Balaban J connectivity index is 1.85.